The van der Waals surface area contributed by atoms with Crippen LogP contribution in [0.3, 0.4) is 0 Å². The number of nitrogens with zero attached hydrogens (tertiary/aromatic N) is 3. The van der Waals surface area contributed by atoms with Crippen LogP contribution >= 0.6 is 0 Å². The predicted molar refractivity (Wildman–Crippen MR) is 55.9 cm³/mol. The smallest absolute Gasteiger partial charge is 0.0683 e. The van der Waals surface area contributed by atoms with Gasteiger partial charge in [-0.1, -0.05) is 13.8 Å². The van der Waals surface area contributed by atoms with E-state index in [0.29, 0.717) is 0 Å². The van der Waals surface area contributed by atoms with Crippen LogP contribution < -0.4 is 0 Å². The summed E-state index contributed by atoms with van der Waals surface area (Å²) in [5, 5.41) is 4.66. The average molecular weight is 365 g/mol. The molecule has 0 aromatic carbocycles. The summed E-state index contributed by atoms with van der Waals surface area (Å²) in [5.41, 5.74) is 0. The quantitative estimate of drug-likeness (QED) is 0.642. The van der Waals surface area contributed by atoms with E-state index in [1.807, 2.05) is 13.8 Å². The topological polar surface area (TPSA) is 9.72 Å². The third kappa shape index (κ3) is 1.94. The summed E-state index contributed by atoms with van der Waals surface area (Å²) in [6.07, 6.45) is 2.61. The fourth-order valence-corrected chi connectivity index (χ4v) is 2.75. The van der Waals surface area contributed by atoms with Gasteiger partial charge in [0.2, 0.25) is 0 Å². The van der Waals surface area contributed by atoms with Crippen LogP contribution in [-0.2, 0) is 19.4 Å². The zero-order valence-electron chi connectivity index (χ0n) is 9.29. The summed E-state index contributed by atoms with van der Waals surface area (Å²) in [4.78, 5) is 2.20. The maximum absolute atomic E-state index is 4.07. The van der Waals surface area contributed by atoms with Gasteiger partial charge in [0.05, 0.1) is 0 Å². The van der Waals surface area contributed by atoms with Crippen molar-refractivity contribution in [1.29, 1.82) is 0 Å². The maximum atomic E-state index is 4.07. The number of hydrogen-bond acceptors (Lipinski definition) is 3. The van der Waals surface area contributed by atoms with Crippen molar-refractivity contribution < 1.29 is 19.4 Å². The van der Waals surface area contributed by atoms with Crippen molar-refractivity contribution in [2.75, 3.05) is 20.1 Å². The van der Waals surface area contributed by atoms with E-state index in [9.17, 15) is 0 Å². The number of hydrogen-bond donors (Lipinski definition) is 0. The zero-order chi connectivity index (χ0) is 10.7. The van der Waals surface area contributed by atoms with Crippen molar-refractivity contribution in [2.45, 2.75) is 26.7 Å². The molecule has 0 aromatic heterocycles. The van der Waals surface area contributed by atoms with Gasteiger partial charge >= 0.3 is 83.8 Å². The monoisotopic (exact) mass is 365 g/mol. The molecular weight excluding hydrogens is 346 g/mol. The molecule has 0 bridgehead atoms. The van der Waals surface area contributed by atoms with Crippen LogP contribution in [-0.4, -0.2) is 39.2 Å². The molecule has 0 aliphatic carbocycles. The molecule has 2 saturated heterocycles. The molecule has 0 N–H and O–H groups in total. The van der Waals surface area contributed by atoms with Gasteiger partial charge in [0.1, 0.15) is 0 Å². The molecule has 14 heavy (non-hydrogen) atoms. The number of hydrazine groups is 1. The Balaban J connectivity index is 0.000000461. The summed E-state index contributed by atoms with van der Waals surface area (Å²) in [6, 6.07) is 0. The summed E-state index contributed by atoms with van der Waals surface area (Å²) in [6.45, 7) is 10.4. The van der Waals surface area contributed by atoms with Crippen LogP contribution in [0.1, 0.15) is 26.7 Å². The number of rotatable bonds is 0. The fraction of sp³-hybridized carbons (Fsp3) is 0.700. The van der Waals surface area contributed by atoms with Crippen LogP contribution in [0.4, 0.5) is 0 Å². The van der Waals surface area contributed by atoms with Gasteiger partial charge in [-0.3, -0.25) is 0 Å². The molecule has 2 rings (SSSR count). The van der Waals surface area contributed by atoms with E-state index >= 15 is 0 Å². The van der Waals surface area contributed by atoms with E-state index in [1.165, 1.54) is 42.9 Å². The third-order valence-electron chi connectivity index (χ3n) is 2.47. The molecule has 2 aliphatic rings. The first kappa shape index (κ1) is 11.9. The molecule has 3 nitrogen and oxygen atoms in total. The van der Waals surface area contributed by atoms with Gasteiger partial charge in [0, 0.05) is 0 Å². The molecule has 0 aromatic rings. The maximum Gasteiger partial charge on any atom is -0.0683 e. The minimum Gasteiger partial charge on any atom is -0.0683 e. The summed E-state index contributed by atoms with van der Waals surface area (Å²) >= 11 is 1.53. The van der Waals surface area contributed by atoms with Crippen molar-refractivity contribution in [1.82, 2.24) is 14.9 Å². The average Bonchev–Trinajstić information content (AvgIpc) is 2.48. The van der Waals surface area contributed by atoms with E-state index in [2.05, 4.69) is 28.5 Å². The Morgan fingerprint density at radius 1 is 1.14 bits per heavy atom. The Morgan fingerprint density at radius 2 is 1.64 bits per heavy atom. The molecular formula is C10H19N3W. The Hall–Kier alpha value is -0.142. The van der Waals surface area contributed by atoms with Gasteiger partial charge < -0.3 is 0 Å². The largest absolute Gasteiger partial charge is 0.0683 e. The van der Waals surface area contributed by atoms with Gasteiger partial charge in [-0.2, -0.15) is 0 Å². The van der Waals surface area contributed by atoms with E-state index in [1.54, 1.807) is 0 Å². The molecule has 2 aliphatic heterocycles. The SMILES string of the molecule is C=C1N(C)[C](=[W])N2CCCCN12.CC. The van der Waals surface area contributed by atoms with Crippen LogP contribution in [0.25, 0.3) is 0 Å². The van der Waals surface area contributed by atoms with Crippen LogP contribution in [0.5, 0.6) is 0 Å². The zero-order valence-corrected chi connectivity index (χ0v) is 12.2. The van der Waals surface area contributed by atoms with Gasteiger partial charge in [0.15, 0.2) is 0 Å². The van der Waals surface area contributed by atoms with Gasteiger partial charge in [-0.25, -0.2) is 0 Å². The minimum absolute atomic E-state index is 1.14. The van der Waals surface area contributed by atoms with Gasteiger partial charge in [-0.15, -0.1) is 0 Å². The third-order valence-corrected chi connectivity index (χ3v) is 4.22. The molecule has 0 atom stereocenters. The summed E-state index contributed by atoms with van der Waals surface area (Å²) < 4.78 is 1.39. The van der Waals surface area contributed by atoms with E-state index in [0.717, 1.165) is 12.4 Å². The second kappa shape index (κ2) is 5.08. The summed E-state index contributed by atoms with van der Waals surface area (Å²) in [7, 11) is 2.10. The van der Waals surface area contributed by atoms with E-state index in [-0.39, 0.29) is 0 Å². The van der Waals surface area contributed by atoms with E-state index in [4.69, 9.17) is 0 Å². The molecule has 0 amide bonds. The first-order chi connectivity index (χ1) is 6.72. The summed E-state index contributed by atoms with van der Waals surface area (Å²) in [5.74, 6) is 1.14. The number of fused-ring (bicyclic) bond motifs is 1. The van der Waals surface area contributed by atoms with Crippen LogP contribution in [0.15, 0.2) is 12.4 Å². The first-order valence-electron chi connectivity index (χ1n) is 5.23. The van der Waals surface area contributed by atoms with Crippen LogP contribution in [0, 0.1) is 0 Å². The molecule has 2 fully saturated rings. The Labute approximate surface area is 97.7 Å². The van der Waals surface area contributed by atoms with E-state index < -0.39 is 0 Å². The van der Waals surface area contributed by atoms with Gasteiger partial charge in [0.25, 0.3) is 0 Å². The van der Waals surface area contributed by atoms with Crippen molar-refractivity contribution in [2.24, 2.45) is 0 Å². The Bertz CT molecular complexity index is 216. The normalized spacial score (nSPS) is 21.9. The molecule has 0 unspecified atom stereocenters. The standard InChI is InChI=1S/C8H13N3.C2H6.W/c1-8-9(2)7-10-5-3-4-6-11(8)10;1-2;/h1,3-6H2,2H3;1-2H3;. The Kier molecular flexibility index (Phi) is 4.33. The molecule has 2 heterocycles. The van der Waals surface area contributed by atoms with Crippen molar-refractivity contribution in [3.63, 3.8) is 0 Å². The van der Waals surface area contributed by atoms with Gasteiger partial charge in [-0.05, 0) is 0 Å². The molecule has 0 radical (unpaired) electrons. The second-order valence-electron chi connectivity index (χ2n) is 3.21. The second-order valence-corrected chi connectivity index (χ2v) is 4.52. The predicted octanol–water partition coefficient (Wildman–Crippen LogP) is 1.38. The van der Waals surface area contributed by atoms with Crippen LogP contribution in [0.2, 0.25) is 0 Å². The van der Waals surface area contributed by atoms with Crippen molar-refractivity contribution >= 4 is 4.15 Å². The molecule has 0 spiro atoms. The minimum atomic E-state index is 1.14. The molecule has 4 heteroatoms. The molecule has 0 saturated carbocycles. The van der Waals surface area contributed by atoms with Crippen molar-refractivity contribution in [3.8, 4) is 0 Å². The van der Waals surface area contributed by atoms with Crippen molar-refractivity contribution in [3.05, 3.63) is 12.4 Å². The fourth-order valence-electron chi connectivity index (χ4n) is 1.69. The first-order valence-corrected chi connectivity index (χ1v) is 6.70. The Morgan fingerprint density at radius 3 is 2.14 bits per heavy atom. The molecule has 80 valence electrons.